The molecule has 1 amide bonds. The lowest BCUT2D eigenvalue weighted by Crippen LogP contribution is -2.42. The summed E-state index contributed by atoms with van der Waals surface area (Å²) in [5.74, 6) is 0.921. The second-order valence-electron chi connectivity index (χ2n) is 6.18. The highest BCUT2D eigenvalue weighted by molar-refractivity contribution is 5.95. The van der Waals surface area contributed by atoms with Crippen LogP contribution in [0.4, 0.5) is 5.82 Å². The fraction of sp³-hybridized carbons (Fsp3) is 0.625. The number of carbonyl (C=O) groups is 1. The Morgan fingerprint density at radius 3 is 2.80 bits per heavy atom. The molecule has 1 aromatic rings. The smallest absolute Gasteiger partial charge is 0.254 e. The molecule has 0 bridgehead atoms. The Labute approximate surface area is 121 Å². The summed E-state index contributed by atoms with van der Waals surface area (Å²) in [6.07, 6.45) is 3.20. The number of anilines is 1. The molecule has 0 aromatic carbocycles. The largest absolute Gasteiger partial charge is 0.370 e. The van der Waals surface area contributed by atoms with Gasteiger partial charge in [-0.05, 0) is 52.2 Å². The first-order chi connectivity index (χ1) is 9.44. The molecule has 4 heteroatoms. The zero-order valence-electron chi connectivity index (χ0n) is 13.0. The molecule has 0 atom stereocenters. The molecule has 1 aromatic heterocycles. The van der Waals surface area contributed by atoms with E-state index in [-0.39, 0.29) is 11.4 Å². The third-order valence-electron chi connectivity index (χ3n) is 3.90. The Morgan fingerprint density at radius 1 is 1.45 bits per heavy atom. The number of nitrogens with zero attached hydrogens (tertiary/aromatic N) is 2. The second-order valence-corrected chi connectivity index (χ2v) is 6.18. The number of aromatic nitrogens is 1. The number of hydrogen-bond donors (Lipinski definition) is 1. The zero-order chi connectivity index (χ0) is 14.8. The minimum absolute atomic E-state index is 0.0364. The van der Waals surface area contributed by atoms with Crippen molar-refractivity contribution in [1.29, 1.82) is 0 Å². The van der Waals surface area contributed by atoms with Gasteiger partial charge in [-0.25, -0.2) is 4.98 Å². The van der Waals surface area contributed by atoms with Crippen LogP contribution in [0.2, 0.25) is 0 Å². The zero-order valence-corrected chi connectivity index (χ0v) is 13.0. The van der Waals surface area contributed by atoms with E-state index in [4.69, 9.17) is 0 Å². The van der Waals surface area contributed by atoms with Gasteiger partial charge in [0.15, 0.2) is 0 Å². The third-order valence-corrected chi connectivity index (χ3v) is 3.90. The average Bonchev–Trinajstić information content (AvgIpc) is 2.74. The van der Waals surface area contributed by atoms with Crippen molar-refractivity contribution in [3.63, 3.8) is 0 Å². The van der Waals surface area contributed by atoms with Crippen LogP contribution in [-0.2, 0) is 0 Å². The first-order valence-electron chi connectivity index (χ1n) is 7.48. The van der Waals surface area contributed by atoms with Crippen LogP contribution >= 0.6 is 0 Å². The normalized spacial score (nSPS) is 17.3. The maximum absolute atomic E-state index is 12.7. The van der Waals surface area contributed by atoms with Crippen molar-refractivity contribution in [1.82, 2.24) is 9.88 Å². The molecular weight excluding hydrogens is 250 g/mol. The monoisotopic (exact) mass is 275 g/mol. The van der Waals surface area contributed by atoms with E-state index < -0.39 is 0 Å². The fourth-order valence-electron chi connectivity index (χ4n) is 2.78. The van der Waals surface area contributed by atoms with Crippen LogP contribution in [0.5, 0.6) is 0 Å². The lowest BCUT2D eigenvalue weighted by molar-refractivity contribution is 0.0652. The topological polar surface area (TPSA) is 45.2 Å². The SMILES string of the molecule is CCCNc1cc(C(=O)N2CCCC2(C)C)cc(C)n1. The van der Waals surface area contributed by atoms with Crippen molar-refractivity contribution < 1.29 is 4.79 Å². The number of carbonyl (C=O) groups excluding carboxylic acids is 1. The van der Waals surface area contributed by atoms with Crippen LogP contribution in [0, 0.1) is 6.92 Å². The number of aryl methyl sites for hydroxylation is 1. The van der Waals surface area contributed by atoms with Gasteiger partial charge in [-0.15, -0.1) is 0 Å². The second kappa shape index (κ2) is 5.81. The lowest BCUT2D eigenvalue weighted by Gasteiger charge is -2.31. The van der Waals surface area contributed by atoms with Crippen molar-refractivity contribution >= 4 is 11.7 Å². The van der Waals surface area contributed by atoms with Crippen LogP contribution in [0.1, 0.15) is 56.1 Å². The highest BCUT2D eigenvalue weighted by Gasteiger charge is 2.35. The summed E-state index contributed by atoms with van der Waals surface area (Å²) >= 11 is 0. The van der Waals surface area contributed by atoms with Gasteiger partial charge in [-0.3, -0.25) is 4.79 Å². The van der Waals surface area contributed by atoms with E-state index in [9.17, 15) is 4.79 Å². The van der Waals surface area contributed by atoms with Gasteiger partial charge in [0.1, 0.15) is 5.82 Å². The number of pyridine rings is 1. The number of nitrogens with one attached hydrogen (secondary N) is 1. The first-order valence-corrected chi connectivity index (χ1v) is 7.48. The molecular formula is C16H25N3O. The van der Waals surface area contributed by atoms with Gasteiger partial charge in [-0.2, -0.15) is 0 Å². The number of amides is 1. The highest BCUT2D eigenvalue weighted by Crippen LogP contribution is 2.30. The summed E-state index contributed by atoms with van der Waals surface area (Å²) in [6, 6.07) is 3.76. The summed E-state index contributed by atoms with van der Waals surface area (Å²) in [5.41, 5.74) is 1.59. The molecule has 1 aliphatic heterocycles. The van der Waals surface area contributed by atoms with Crippen molar-refractivity contribution in [2.45, 2.75) is 52.5 Å². The van der Waals surface area contributed by atoms with Gasteiger partial charge in [0.2, 0.25) is 0 Å². The Kier molecular flexibility index (Phi) is 4.31. The molecule has 0 spiro atoms. The molecule has 0 aliphatic carbocycles. The maximum atomic E-state index is 12.7. The molecule has 0 saturated carbocycles. The Bertz CT molecular complexity index is 496. The fourth-order valence-corrected chi connectivity index (χ4v) is 2.78. The van der Waals surface area contributed by atoms with E-state index in [0.29, 0.717) is 0 Å². The van der Waals surface area contributed by atoms with E-state index in [2.05, 4.69) is 31.1 Å². The van der Waals surface area contributed by atoms with Gasteiger partial charge in [0.05, 0.1) is 0 Å². The summed E-state index contributed by atoms with van der Waals surface area (Å²) in [7, 11) is 0. The predicted octanol–water partition coefficient (Wildman–Crippen LogP) is 3.23. The molecule has 1 aliphatic rings. The van der Waals surface area contributed by atoms with Crippen LogP contribution in [0.25, 0.3) is 0 Å². The Morgan fingerprint density at radius 2 is 2.20 bits per heavy atom. The van der Waals surface area contributed by atoms with E-state index in [1.165, 1.54) is 0 Å². The van der Waals surface area contributed by atoms with E-state index in [1.807, 2.05) is 24.0 Å². The maximum Gasteiger partial charge on any atom is 0.254 e. The molecule has 2 heterocycles. The molecule has 110 valence electrons. The average molecular weight is 275 g/mol. The van der Waals surface area contributed by atoms with Crippen LogP contribution in [0.15, 0.2) is 12.1 Å². The molecule has 1 N–H and O–H groups in total. The molecule has 1 saturated heterocycles. The quantitative estimate of drug-likeness (QED) is 0.917. The Balaban J connectivity index is 2.23. The van der Waals surface area contributed by atoms with Crippen molar-refractivity contribution in [3.8, 4) is 0 Å². The van der Waals surface area contributed by atoms with Gasteiger partial charge >= 0.3 is 0 Å². The molecule has 2 rings (SSSR count). The van der Waals surface area contributed by atoms with Crippen molar-refractivity contribution in [2.24, 2.45) is 0 Å². The predicted molar refractivity (Wildman–Crippen MR) is 82.1 cm³/mol. The van der Waals surface area contributed by atoms with Gasteiger partial charge < -0.3 is 10.2 Å². The van der Waals surface area contributed by atoms with E-state index in [1.54, 1.807) is 0 Å². The van der Waals surface area contributed by atoms with Crippen LogP contribution in [-0.4, -0.2) is 34.4 Å². The molecule has 1 fully saturated rings. The van der Waals surface area contributed by atoms with Gasteiger partial charge in [-0.1, -0.05) is 6.92 Å². The summed E-state index contributed by atoms with van der Waals surface area (Å²) in [6.45, 7) is 10.1. The minimum atomic E-state index is -0.0364. The van der Waals surface area contributed by atoms with Crippen LogP contribution < -0.4 is 5.32 Å². The number of hydrogen-bond acceptors (Lipinski definition) is 3. The molecule has 20 heavy (non-hydrogen) atoms. The van der Waals surface area contributed by atoms with Crippen molar-refractivity contribution in [3.05, 3.63) is 23.4 Å². The number of likely N-dealkylation sites (tertiary alicyclic amines) is 1. The lowest BCUT2D eigenvalue weighted by atomic mass is 10.0. The summed E-state index contributed by atoms with van der Waals surface area (Å²) in [5, 5.41) is 3.26. The first kappa shape index (κ1) is 14.8. The van der Waals surface area contributed by atoms with E-state index >= 15 is 0 Å². The standard InChI is InChI=1S/C16H25N3O/c1-5-8-17-14-11-13(10-12(2)18-14)15(20)19-9-6-7-16(19,3)4/h10-11H,5-9H2,1-4H3,(H,17,18). The van der Waals surface area contributed by atoms with Crippen molar-refractivity contribution in [2.75, 3.05) is 18.4 Å². The third kappa shape index (κ3) is 3.11. The molecule has 0 unspecified atom stereocenters. The molecule has 0 radical (unpaired) electrons. The van der Waals surface area contributed by atoms with Gasteiger partial charge in [0.25, 0.3) is 5.91 Å². The summed E-state index contributed by atoms with van der Waals surface area (Å²) < 4.78 is 0. The Hall–Kier alpha value is -1.58. The number of rotatable bonds is 4. The molecule has 4 nitrogen and oxygen atoms in total. The highest BCUT2D eigenvalue weighted by atomic mass is 16.2. The van der Waals surface area contributed by atoms with Crippen LogP contribution in [0.3, 0.4) is 0 Å². The van der Waals surface area contributed by atoms with E-state index in [0.717, 1.165) is 49.4 Å². The summed E-state index contributed by atoms with van der Waals surface area (Å²) in [4.78, 5) is 19.1. The van der Waals surface area contributed by atoms with Gasteiger partial charge in [0, 0.05) is 29.9 Å². The minimum Gasteiger partial charge on any atom is -0.370 e.